The molecule has 0 aliphatic heterocycles. The van der Waals surface area contributed by atoms with Crippen LogP contribution in [0.4, 0.5) is 0 Å². The molecule has 0 heterocycles. The van der Waals surface area contributed by atoms with Crippen LogP contribution in [0.25, 0.3) is 11.1 Å². The van der Waals surface area contributed by atoms with Gasteiger partial charge in [0.05, 0.1) is 0 Å². The third kappa shape index (κ3) is 2.01. The maximum atomic E-state index is 10.3. The van der Waals surface area contributed by atoms with Gasteiger partial charge in [-0.2, -0.15) is 0 Å². The van der Waals surface area contributed by atoms with E-state index in [0.29, 0.717) is 22.3 Å². The van der Waals surface area contributed by atoms with E-state index in [4.69, 9.17) is 0 Å². The number of benzene rings is 2. The van der Waals surface area contributed by atoms with E-state index in [0.717, 1.165) is 11.1 Å². The molecule has 3 heteroatoms. The fourth-order valence-corrected chi connectivity index (χ4v) is 2.28. The molecule has 0 amide bonds. The second kappa shape index (κ2) is 4.50. The fraction of sp³-hybridized carbons (Fsp3) is 0.250. The lowest BCUT2D eigenvalue weighted by Crippen LogP contribution is -1.93. The van der Waals surface area contributed by atoms with Crippen molar-refractivity contribution in [1.82, 2.24) is 0 Å². The summed E-state index contributed by atoms with van der Waals surface area (Å²) < 4.78 is 0. The lowest BCUT2D eigenvalue weighted by atomic mass is 9.92. The molecule has 0 aromatic heterocycles. The molecular formula is C16H18O3. The molecule has 0 atom stereocenters. The van der Waals surface area contributed by atoms with Crippen molar-refractivity contribution < 1.29 is 15.3 Å². The summed E-state index contributed by atoms with van der Waals surface area (Å²) in [7, 11) is 0. The van der Waals surface area contributed by atoms with E-state index in [9.17, 15) is 15.3 Å². The van der Waals surface area contributed by atoms with Crippen molar-refractivity contribution in [2.24, 2.45) is 0 Å². The molecule has 2 aromatic rings. The highest BCUT2D eigenvalue weighted by molar-refractivity contribution is 5.79. The van der Waals surface area contributed by atoms with Gasteiger partial charge < -0.3 is 15.3 Å². The monoisotopic (exact) mass is 258 g/mol. The zero-order valence-electron chi connectivity index (χ0n) is 11.6. The molecule has 3 nitrogen and oxygen atoms in total. The number of hydrogen-bond acceptors (Lipinski definition) is 3. The van der Waals surface area contributed by atoms with Crippen LogP contribution < -0.4 is 0 Å². The molecule has 3 N–H and O–H groups in total. The minimum absolute atomic E-state index is 0.179. The summed E-state index contributed by atoms with van der Waals surface area (Å²) in [4.78, 5) is 0. The summed E-state index contributed by atoms with van der Waals surface area (Å²) in [6.07, 6.45) is 0. The van der Waals surface area contributed by atoms with Crippen LogP contribution in [0, 0.1) is 27.7 Å². The number of rotatable bonds is 1. The molecule has 0 aliphatic rings. The van der Waals surface area contributed by atoms with Crippen LogP contribution in [-0.2, 0) is 0 Å². The minimum Gasteiger partial charge on any atom is -0.508 e. The zero-order valence-corrected chi connectivity index (χ0v) is 11.6. The van der Waals surface area contributed by atoms with Crippen molar-refractivity contribution in [2.45, 2.75) is 27.7 Å². The van der Waals surface area contributed by atoms with Crippen molar-refractivity contribution in [3.8, 4) is 28.4 Å². The van der Waals surface area contributed by atoms with Gasteiger partial charge in [-0.3, -0.25) is 0 Å². The third-order valence-corrected chi connectivity index (χ3v) is 3.73. The van der Waals surface area contributed by atoms with Gasteiger partial charge in [0.2, 0.25) is 0 Å². The number of aryl methyl sites for hydroxylation is 1. The highest BCUT2D eigenvalue weighted by Crippen LogP contribution is 2.42. The molecular weight excluding hydrogens is 240 g/mol. The molecule has 0 unspecified atom stereocenters. The Bertz CT molecular complexity index is 629. The first kappa shape index (κ1) is 13.3. The van der Waals surface area contributed by atoms with Crippen molar-refractivity contribution in [2.75, 3.05) is 0 Å². The van der Waals surface area contributed by atoms with E-state index in [1.807, 2.05) is 0 Å². The van der Waals surface area contributed by atoms with Gasteiger partial charge in [-0.05, 0) is 62.1 Å². The van der Waals surface area contributed by atoms with Crippen molar-refractivity contribution >= 4 is 0 Å². The lowest BCUT2D eigenvalue weighted by molar-refractivity contribution is 0.451. The van der Waals surface area contributed by atoms with E-state index in [1.54, 1.807) is 45.9 Å². The van der Waals surface area contributed by atoms with Gasteiger partial charge in [0.25, 0.3) is 0 Å². The number of phenols is 3. The maximum absolute atomic E-state index is 10.3. The van der Waals surface area contributed by atoms with Crippen molar-refractivity contribution in [1.29, 1.82) is 0 Å². The first-order chi connectivity index (χ1) is 8.84. The van der Waals surface area contributed by atoms with E-state index in [-0.39, 0.29) is 17.2 Å². The predicted molar refractivity (Wildman–Crippen MR) is 75.8 cm³/mol. The first-order valence-corrected chi connectivity index (χ1v) is 6.16. The predicted octanol–water partition coefficient (Wildman–Crippen LogP) is 3.70. The average molecular weight is 258 g/mol. The van der Waals surface area contributed by atoms with E-state index in [1.165, 1.54) is 0 Å². The van der Waals surface area contributed by atoms with E-state index >= 15 is 0 Å². The Hall–Kier alpha value is -2.16. The van der Waals surface area contributed by atoms with Crippen molar-refractivity contribution in [3.63, 3.8) is 0 Å². The molecule has 100 valence electrons. The molecule has 2 aromatic carbocycles. The van der Waals surface area contributed by atoms with Crippen LogP contribution in [0.5, 0.6) is 17.2 Å². The quantitative estimate of drug-likeness (QED) is 0.683. The molecule has 0 fully saturated rings. The molecule has 19 heavy (non-hydrogen) atoms. The van der Waals surface area contributed by atoms with Crippen molar-refractivity contribution in [3.05, 3.63) is 40.5 Å². The van der Waals surface area contributed by atoms with Crippen LogP contribution in [-0.4, -0.2) is 15.3 Å². The Balaban J connectivity index is 2.79. The number of aromatic hydroxyl groups is 3. The Labute approximate surface area is 112 Å². The number of hydrogen-bond donors (Lipinski definition) is 3. The smallest absolute Gasteiger partial charge is 0.127 e. The molecule has 2 rings (SSSR count). The van der Waals surface area contributed by atoms with Crippen LogP contribution in [0.15, 0.2) is 18.2 Å². The average Bonchev–Trinajstić information content (AvgIpc) is 2.38. The molecule has 0 saturated heterocycles. The Morgan fingerprint density at radius 2 is 1.32 bits per heavy atom. The van der Waals surface area contributed by atoms with Crippen LogP contribution in [0.2, 0.25) is 0 Å². The lowest BCUT2D eigenvalue weighted by Gasteiger charge is -2.16. The Kier molecular flexibility index (Phi) is 3.14. The van der Waals surface area contributed by atoms with Gasteiger partial charge in [-0.1, -0.05) is 6.07 Å². The van der Waals surface area contributed by atoms with Crippen LogP contribution in [0.1, 0.15) is 22.3 Å². The highest BCUT2D eigenvalue weighted by Gasteiger charge is 2.18. The molecule has 0 radical (unpaired) electrons. The number of phenolic OH excluding ortho intramolecular Hbond substituents is 3. The molecule has 0 aliphatic carbocycles. The van der Waals surface area contributed by atoms with Gasteiger partial charge in [0.15, 0.2) is 0 Å². The van der Waals surface area contributed by atoms with Gasteiger partial charge in [0, 0.05) is 11.1 Å². The third-order valence-electron chi connectivity index (χ3n) is 3.73. The SMILES string of the molecule is Cc1cc(-c2c(C)c(O)c(C)c(C)c2O)ccc1O. The molecule has 0 saturated carbocycles. The topological polar surface area (TPSA) is 60.7 Å². The molecule has 0 bridgehead atoms. The summed E-state index contributed by atoms with van der Waals surface area (Å²) in [5.74, 6) is 0.600. The standard InChI is InChI=1S/C16H18O3/c1-8-7-12(5-6-13(8)17)14-11(4)15(18)9(2)10(3)16(14)19/h5-7,17-19H,1-4H3. The highest BCUT2D eigenvalue weighted by atomic mass is 16.3. The molecule has 0 spiro atoms. The van der Waals surface area contributed by atoms with Gasteiger partial charge in [-0.25, -0.2) is 0 Å². The summed E-state index contributed by atoms with van der Waals surface area (Å²) in [6.45, 7) is 7.13. The van der Waals surface area contributed by atoms with E-state index in [2.05, 4.69) is 0 Å². The normalized spacial score (nSPS) is 10.7. The van der Waals surface area contributed by atoms with E-state index < -0.39 is 0 Å². The minimum atomic E-state index is 0.179. The van der Waals surface area contributed by atoms with Crippen LogP contribution >= 0.6 is 0 Å². The Morgan fingerprint density at radius 3 is 1.89 bits per heavy atom. The van der Waals surface area contributed by atoms with Gasteiger partial charge >= 0.3 is 0 Å². The largest absolute Gasteiger partial charge is 0.508 e. The second-order valence-corrected chi connectivity index (χ2v) is 4.95. The van der Waals surface area contributed by atoms with Gasteiger partial charge in [-0.15, -0.1) is 0 Å². The fourth-order valence-electron chi connectivity index (χ4n) is 2.28. The zero-order chi connectivity index (χ0) is 14.3. The summed E-state index contributed by atoms with van der Waals surface area (Å²) in [5.41, 5.74) is 4.13. The summed E-state index contributed by atoms with van der Waals surface area (Å²) in [5, 5.41) is 30.0. The summed E-state index contributed by atoms with van der Waals surface area (Å²) in [6, 6.07) is 5.12. The van der Waals surface area contributed by atoms with Crippen LogP contribution in [0.3, 0.4) is 0 Å². The summed E-state index contributed by atoms with van der Waals surface area (Å²) >= 11 is 0. The van der Waals surface area contributed by atoms with Gasteiger partial charge in [0.1, 0.15) is 17.2 Å². The first-order valence-electron chi connectivity index (χ1n) is 6.16. The Morgan fingerprint density at radius 1 is 0.737 bits per heavy atom. The second-order valence-electron chi connectivity index (χ2n) is 4.95. The maximum Gasteiger partial charge on any atom is 0.127 e.